The number of carboxylic acids is 1. The molecule has 0 fully saturated rings. The Morgan fingerprint density at radius 3 is 2.63 bits per heavy atom. The number of hydrogen-bond acceptors (Lipinski definition) is 4. The van der Waals surface area contributed by atoms with Crippen molar-refractivity contribution in [3.63, 3.8) is 0 Å². The average molecular weight is 278 g/mol. The largest absolute Gasteiger partial charge is 0.480 e. The quantitative estimate of drug-likeness (QED) is 0.833. The second-order valence-electron chi connectivity index (χ2n) is 3.34. The van der Waals surface area contributed by atoms with Gasteiger partial charge in [0.25, 0.3) is 5.91 Å². The highest BCUT2D eigenvalue weighted by Crippen LogP contribution is 2.17. The molecule has 1 amide bonds. The van der Waals surface area contributed by atoms with Gasteiger partial charge in [0.2, 0.25) is 5.88 Å². The van der Waals surface area contributed by atoms with Crippen molar-refractivity contribution in [3.8, 4) is 5.88 Å². The third-order valence-electron chi connectivity index (χ3n) is 1.74. The number of ether oxygens (including phenoxy) is 1. The minimum atomic E-state index is -4.51. The molecular weight excluding hydrogens is 269 g/mol. The molecule has 0 bridgehead atoms. The van der Waals surface area contributed by atoms with E-state index in [1.807, 2.05) is 5.32 Å². The maximum absolute atomic E-state index is 11.9. The summed E-state index contributed by atoms with van der Waals surface area (Å²) in [6, 6.07) is 3.64. The van der Waals surface area contributed by atoms with Gasteiger partial charge in [-0.25, -0.2) is 4.98 Å². The van der Waals surface area contributed by atoms with Crippen LogP contribution < -0.4 is 10.1 Å². The lowest BCUT2D eigenvalue weighted by molar-refractivity contribution is -0.154. The van der Waals surface area contributed by atoms with Crippen molar-refractivity contribution in [1.29, 1.82) is 0 Å². The lowest BCUT2D eigenvalue weighted by Crippen LogP contribution is -2.30. The molecule has 2 N–H and O–H groups in total. The van der Waals surface area contributed by atoms with Crippen LogP contribution in [0.3, 0.4) is 0 Å². The topological polar surface area (TPSA) is 88.5 Å². The highest BCUT2D eigenvalue weighted by atomic mass is 19.4. The van der Waals surface area contributed by atoms with E-state index in [1.165, 1.54) is 12.1 Å². The summed E-state index contributed by atoms with van der Waals surface area (Å²) in [6.45, 7) is -2.14. The Kier molecular flexibility index (Phi) is 4.67. The number of carboxylic acid groups (broad SMARTS) is 1. The highest BCUT2D eigenvalue weighted by Gasteiger charge is 2.28. The Hall–Kier alpha value is -2.32. The number of nitrogens with zero attached hydrogens (tertiary/aromatic N) is 1. The van der Waals surface area contributed by atoms with Gasteiger partial charge in [0, 0.05) is 6.07 Å². The lowest BCUT2D eigenvalue weighted by Gasteiger charge is -2.09. The lowest BCUT2D eigenvalue weighted by atomic mass is 10.3. The van der Waals surface area contributed by atoms with Gasteiger partial charge >= 0.3 is 12.1 Å². The second-order valence-corrected chi connectivity index (χ2v) is 3.34. The number of pyridine rings is 1. The molecule has 0 atom stereocenters. The molecule has 1 heterocycles. The van der Waals surface area contributed by atoms with Crippen molar-refractivity contribution in [2.75, 3.05) is 13.2 Å². The number of halogens is 3. The molecule has 1 rings (SSSR count). The van der Waals surface area contributed by atoms with Crippen molar-refractivity contribution >= 4 is 11.9 Å². The monoisotopic (exact) mass is 278 g/mol. The van der Waals surface area contributed by atoms with Crippen LogP contribution in [0.2, 0.25) is 0 Å². The summed E-state index contributed by atoms with van der Waals surface area (Å²) >= 11 is 0. The number of alkyl halides is 3. The molecule has 0 aromatic carbocycles. The maximum Gasteiger partial charge on any atom is 0.422 e. The van der Waals surface area contributed by atoms with E-state index < -0.39 is 31.2 Å². The number of rotatable bonds is 5. The van der Waals surface area contributed by atoms with Gasteiger partial charge in [-0.1, -0.05) is 6.07 Å². The van der Waals surface area contributed by atoms with Crippen LogP contribution >= 0.6 is 0 Å². The molecule has 1 aromatic heterocycles. The van der Waals surface area contributed by atoms with Gasteiger partial charge in [0.15, 0.2) is 6.61 Å². The van der Waals surface area contributed by atoms with E-state index in [2.05, 4.69) is 9.72 Å². The molecule has 0 saturated heterocycles. The van der Waals surface area contributed by atoms with E-state index in [1.54, 1.807) is 0 Å². The molecular formula is C10H9F3N2O4. The Morgan fingerprint density at radius 2 is 2.05 bits per heavy atom. The van der Waals surface area contributed by atoms with Crippen LogP contribution in [-0.2, 0) is 4.79 Å². The molecule has 0 saturated carbocycles. The molecule has 0 aliphatic heterocycles. The maximum atomic E-state index is 11.9. The van der Waals surface area contributed by atoms with Gasteiger partial charge in [-0.15, -0.1) is 0 Å². The van der Waals surface area contributed by atoms with Crippen LogP contribution in [0.4, 0.5) is 13.2 Å². The first-order chi connectivity index (χ1) is 8.78. The molecule has 0 unspecified atom stereocenters. The van der Waals surface area contributed by atoms with Crippen LogP contribution in [0.5, 0.6) is 5.88 Å². The van der Waals surface area contributed by atoms with E-state index in [0.29, 0.717) is 0 Å². The van der Waals surface area contributed by atoms with Crippen LogP contribution in [0, 0.1) is 0 Å². The average Bonchev–Trinajstić information content (AvgIpc) is 2.33. The summed E-state index contributed by atoms with van der Waals surface area (Å²) in [5.74, 6) is -2.45. The van der Waals surface area contributed by atoms with Crippen molar-refractivity contribution in [2.24, 2.45) is 0 Å². The standard InChI is InChI=1S/C10H9F3N2O4/c11-10(12,13)5-19-7-3-1-2-6(15-7)9(18)14-4-8(16)17/h1-3H,4-5H2,(H,14,18)(H,16,17). The van der Waals surface area contributed by atoms with Gasteiger partial charge in [-0.2, -0.15) is 13.2 Å². The van der Waals surface area contributed by atoms with E-state index in [0.717, 1.165) is 6.07 Å². The molecule has 0 radical (unpaired) electrons. The third kappa shape index (κ3) is 5.70. The number of nitrogens with one attached hydrogen (secondary N) is 1. The Bertz CT molecular complexity index is 476. The molecule has 1 aromatic rings. The zero-order valence-electron chi connectivity index (χ0n) is 9.40. The zero-order valence-corrected chi connectivity index (χ0v) is 9.40. The first-order valence-electron chi connectivity index (χ1n) is 4.94. The van der Waals surface area contributed by atoms with Crippen LogP contribution in [0.15, 0.2) is 18.2 Å². The number of amides is 1. The third-order valence-corrected chi connectivity index (χ3v) is 1.74. The minimum absolute atomic E-state index is 0.235. The molecule has 6 nitrogen and oxygen atoms in total. The van der Waals surface area contributed by atoms with E-state index in [-0.39, 0.29) is 11.6 Å². The summed E-state index contributed by atoms with van der Waals surface area (Å²) in [5.41, 5.74) is -0.235. The molecule has 19 heavy (non-hydrogen) atoms. The molecule has 104 valence electrons. The summed E-state index contributed by atoms with van der Waals surface area (Å²) in [5, 5.41) is 10.4. The number of carbonyl (C=O) groups excluding carboxylic acids is 1. The predicted octanol–water partition coefficient (Wildman–Crippen LogP) is 0.837. The van der Waals surface area contributed by atoms with Crippen LogP contribution in [0.1, 0.15) is 10.5 Å². The highest BCUT2D eigenvalue weighted by molar-refractivity contribution is 5.94. The van der Waals surface area contributed by atoms with Crippen LogP contribution in [0.25, 0.3) is 0 Å². The number of aliphatic carboxylic acids is 1. The van der Waals surface area contributed by atoms with Crippen molar-refractivity contribution in [2.45, 2.75) is 6.18 Å². The molecule has 9 heteroatoms. The molecule has 0 aliphatic rings. The van der Waals surface area contributed by atoms with E-state index in [4.69, 9.17) is 5.11 Å². The first-order valence-corrected chi connectivity index (χ1v) is 4.94. The summed E-state index contributed by atoms with van der Waals surface area (Å²) < 4.78 is 40.1. The van der Waals surface area contributed by atoms with Crippen LogP contribution in [-0.4, -0.2) is 41.3 Å². The van der Waals surface area contributed by atoms with E-state index in [9.17, 15) is 22.8 Å². The second kappa shape index (κ2) is 6.03. The summed E-state index contributed by atoms with van der Waals surface area (Å²) in [7, 11) is 0. The van der Waals surface area contributed by atoms with Gasteiger partial charge < -0.3 is 15.2 Å². The van der Waals surface area contributed by atoms with Gasteiger partial charge in [0.05, 0.1) is 0 Å². The fourth-order valence-corrected chi connectivity index (χ4v) is 1.02. The Labute approximate surface area is 105 Å². The first kappa shape index (κ1) is 14.7. The predicted molar refractivity (Wildman–Crippen MR) is 55.8 cm³/mol. The van der Waals surface area contributed by atoms with Gasteiger partial charge in [0.1, 0.15) is 12.2 Å². The summed E-state index contributed by atoms with van der Waals surface area (Å²) in [6.07, 6.45) is -4.51. The smallest absolute Gasteiger partial charge is 0.422 e. The number of aromatic nitrogens is 1. The number of carbonyl (C=O) groups is 2. The Morgan fingerprint density at radius 1 is 1.37 bits per heavy atom. The SMILES string of the molecule is O=C(O)CNC(=O)c1cccc(OCC(F)(F)F)n1. The van der Waals surface area contributed by atoms with Crippen molar-refractivity contribution < 1.29 is 32.6 Å². The minimum Gasteiger partial charge on any atom is -0.480 e. The fraction of sp³-hybridized carbons (Fsp3) is 0.300. The van der Waals surface area contributed by atoms with Gasteiger partial charge in [-0.3, -0.25) is 9.59 Å². The van der Waals surface area contributed by atoms with Crippen molar-refractivity contribution in [3.05, 3.63) is 23.9 Å². The van der Waals surface area contributed by atoms with E-state index >= 15 is 0 Å². The summed E-state index contributed by atoms with van der Waals surface area (Å²) in [4.78, 5) is 25.1. The van der Waals surface area contributed by atoms with Gasteiger partial charge in [-0.05, 0) is 6.07 Å². The molecule has 0 aliphatic carbocycles. The van der Waals surface area contributed by atoms with Crippen molar-refractivity contribution in [1.82, 2.24) is 10.3 Å². The zero-order chi connectivity index (χ0) is 14.5. The fourth-order valence-electron chi connectivity index (χ4n) is 1.02. The normalized spacial score (nSPS) is 10.9. The number of hydrogen-bond donors (Lipinski definition) is 2. The Balaban J connectivity index is 2.66. The molecule has 0 spiro atoms.